The van der Waals surface area contributed by atoms with Crippen LogP contribution in [-0.4, -0.2) is 11.0 Å². The van der Waals surface area contributed by atoms with Crippen LogP contribution in [0.3, 0.4) is 0 Å². The van der Waals surface area contributed by atoms with Crippen molar-refractivity contribution in [2.24, 2.45) is 0 Å². The van der Waals surface area contributed by atoms with Crippen molar-refractivity contribution in [1.82, 2.24) is 0 Å². The maximum atomic E-state index is 2.18. The molecule has 0 radical (unpaired) electrons. The quantitative estimate of drug-likeness (QED) is 0.516. The van der Waals surface area contributed by atoms with E-state index in [4.69, 9.17) is 0 Å². The second kappa shape index (κ2) is 4.75. The van der Waals surface area contributed by atoms with Crippen molar-refractivity contribution in [3.8, 4) is 0 Å². The number of benzene rings is 3. The topological polar surface area (TPSA) is 63.0 Å². The molecule has 3 aromatic rings. The molecular formula is C14H14O2. The van der Waals surface area contributed by atoms with Gasteiger partial charge in [0, 0.05) is 0 Å². The molecule has 0 spiro atoms. The van der Waals surface area contributed by atoms with Crippen LogP contribution >= 0.6 is 0 Å². The lowest BCUT2D eigenvalue weighted by Gasteiger charge is -2.02. The van der Waals surface area contributed by atoms with Gasteiger partial charge >= 0.3 is 0 Å². The molecule has 0 atom stereocenters. The van der Waals surface area contributed by atoms with Crippen LogP contribution in [0.15, 0.2) is 60.7 Å². The summed E-state index contributed by atoms with van der Waals surface area (Å²) in [5.41, 5.74) is 0. The van der Waals surface area contributed by atoms with E-state index in [1.165, 1.54) is 21.5 Å². The minimum atomic E-state index is 0. The Morgan fingerprint density at radius 3 is 1.25 bits per heavy atom. The molecule has 0 aliphatic rings. The lowest BCUT2D eigenvalue weighted by molar-refractivity contribution is 0.823. The highest BCUT2D eigenvalue weighted by molar-refractivity contribution is 6.07. The Balaban J connectivity index is 0.000000640. The average Bonchev–Trinajstić information content (AvgIpc) is 2.29. The first-order valence-electron chi connectivity index (χ1n) is 4.82. The van der Waals surface area contributed by atoms with Crippen molar-refractivity contribution in [1.29, 1.82) is 0 Å². The molecule has 0 fully saturated rings. The minimum Gasteiger partial charge on any atom is -0.412 e. The van der Waals surface area contributed by atoms with Crippen LogP contribution in [0.1, 0.15) is 0 Å². The molecule has 2 nitrogen and oxygen atoms in total. The second-order valence-electron chi connectivity index (χ2n) is 3.51. The van der Waals surface area contributed by atoms with Crippen molar-refractivity contribution in [2.75, 3.05) is 0 Å². The van der Waals surface area contributed by atoms with Gasteiger partial charge in [-0.25, -0.2) is 0 Å². The first-order chi connectivity index (χ1) is 6.95. The van der Waals surface area contributed by atoms with E-state index in [1.807, 2.05) is 0 Å². The molecule has 0 heterocycles. The van der Waals surface area contributed by atoms with Crippen LogP contribution in [0.5, 0.6) is 0 Å². The van der Waals surface area contributed by atoms with Crippen molar-refractivity contribution < 1.29 is 11.0 Å². The Labute approximate surface area is 93.8 Å². The Morgan fingerprint density at radius 1 is 0.438 bits per heavy atom. The van der Waals surface area contributed by atoms with Gasteiger partial charge in [-0.2, -0.15) is 0 Å². The lowest BCUT2D eigenvalue weighted by Crippen LogP contribution is -1.75. The van der Waals surface area contributed by atoms with Crippen molar-refractivity contribution in [3.05, 3.63) is 60.7 Å². The monoisotopic (exact) mass is 214 g/mol. The third-order valence-electron chi connectivity index (χ3n) is 2.65. The molecule has 0 saturated heterocycles. The number of hydrogen-bond donors (Lipinski definition) is 0. The Hall–Kier alpha value is -1.90. The van der Waals surface area contributed by atoms with Crippen molar-refractivity contribution in [3.63, 3.8) is 0 Å². The number of fused-ring (bicyclic) bond motifs is 3. The summed E-state index contributed by atoms with van der Waals surface area (Å²) >= 11 is 0. The molecule has 0 saturated carbocycles. The smallest absolute Gasteiger partial charge is 0.0105 e. The summed E-state index contributed by atoms with van der Waals surface area (Å²) in [6.45, 7) is 0. The minimum absolute atomic E-state index is 0. The summed E-state index contributed by atoms with van der Waals surface area (Å²) in [5, 5.41) is 5.30. The van der Waals surface area contributed by atoms with E-state index >= 15 is 0 Å². The molecule has 0 unspecified atom stereocenters. The zero-order valence-corrected chi connectivity index (χ0v) is 8.77. The Kier molecular flexibility index (Phi) is 3.61. The fourth-order valence-electron chi connectivity index (χ4n) is 1.95. The summed E-state index contributed by atoms with van der Waals surface area (Å²) in [6.07, 6.45) is 0. The maximum absolute atomic E-state index is 2.18. The highest BCUT2D eigenvalue weighted by Gasteiger charge is 1.97. The van der Waals surface area contributed by atoms with Gasteiger partial charge in [-0.3, -0.25) is 0 Å². The van der Waals surface area contributed by atoms with E-state index in [0.29, 0.717) is 0 Å². The Bertz CT molecular complexity index is 548. The van der Waals surface area contributed by atoms with E-state index < -0.39 is 0 Å². The summed E-state index contributed by atoms with van der Waals surface area (Å²) < 4.78 is 0. The van der Waals surface area contributed by atoms with Gasteiger partial charge in [-0.1, -0.05) is 60.7 Å². The van der Waals surface area contributed by atoms with Crippen molar-refractivity contribution in [2.45, 2.75) is 0 Å². The van der Waals surface area contributed by atoms with Gasteiger partial charge in [0.25, 0.3) is 0 Å². The highest BCUT2D eigenvalue weighted by atomic mass is 16.0. The van der Waals surface area contributed by atoms with Gasteiger partial charge in [0.2, 0.25) is 0 Å². The molecule has 0 aliphatic heterocycles. The van der Waals surface area contributed by atoms with Crippen LogP contribution in [0.4, 0.5) is 0 Å². The van der Waals surface area contributed by atoms with E-state index in [2.05, 4.69) is 60.7 Å². The summed E-state index contributed by atoms with van der Waals surface area (Å²) in [4.78, 5) is 0. The summed E-state index contributed by atoms with van der Waals surface area (Å²) in [7, 11) is 0. The fourth-order valence-corrected chi connectivity index (χ4v) is 1.95. The van der Waals surface area contributed by atoms with Gasteiger partial charge in [0.15, 0.2) is 0 Å². The van der Waals surface area contributed by atoms with Crippen LogP contribution < -0.4 is 0 Å². The summed E-state index contributed by atoms with van der Waals surface area (Å²) in [6, 6.07) is 21.4. The molecule has 82 valence electrons. The number of hydrogen-bond acceptors (Lipinski definition) is 0. The molecule has 4 N–H and O–H groups in total. The van der Waals surface area contributed by atoms with Crippen LogP contribution in [0, 0.1) is 0 Å². The van der Waals surface area contributed by atoms with Gasteiger partial charge in [0.05, 0.1) is 0 Å². The first kappa shape index (κ1) is 12.2. The highest BCUT2D eigenvalue weighted by Crippen LogP contribution is 2.24. The zero-order chi connectivity index (χ0) is 9.38. The van der Waals surface area contributed by atoms with Crippen LogP contribution in [0.25, 0.3) is 21.5 Å². The predicted molar refractivity (Wildman–Crippen MR) is 68.7 cm³/mol. The molecule has 2 heteroatoms. The van der Waals surface area contributed by atoms with Crippen LogP contribution in [0.2, 0.25) is 0 Å². The van der Waals surface area contributed by atoms with Gasteiger partial charge in [-0.05, 0) is 21.5 Å². The van der Waals surface area contributed by atoms with E-state index in [9.17, 15) is 0 Å². The first-order valence-corrected chi connectivity index (χ1v) is 4.82. The molecular weight excluding hydrogens is 200 g/mol. The van der Waals surface area contributed by atoms with Gasteiger partial charge in [-0.15, -0.1) is 0 Å². The van der Waals surface area contributed by atoms with E-state index in [1.54, 1.807) is 0 Å². The van der Waals surface area contributed by atoms with Gasteiger partial charge < -0.3 is 11.0 Å². The van der Waals surface area contributed by atoms with Gasteiger partial charge in [0.1, 0.15) is 0 Å². The fraction of sp³-hybridized carbons (Fsp3) is 0. The standard InChI is InChI=1S/C14H10.2H2O/c1-3-7-13-11(5-1)9-10-12-6-2-4-8-14(12)13;;/h1-10H;2*1H2. The third kappa shape index (κ3) is 1.76. The molecule has 3 rings (SSSR count). The normalized spacial score (nSPS) is 9.50. The largest absolute Gasteiger partial charge is 0.412 e. The molecule has 0 aromatic heterocycles. The SMILES string of the molecule is O.O.c1ccc2c(c1)ccc1ccccc12. The Morgan fingerprint density at radius 2 is 0.812 bits per heavy atom. The molecule has 0 bridgehead atoms. The van der Waals surface area contributed by atoms with Crippen LogP contribution in [-0.2, 0) is 0 Å². The maximum Gasteiger partial charge on any atom is -0.0105 e. The molecule has 16 heavy (non-hydrogen) atoms. The van der Waals surface area contributed by atoms with E-state index in [-0.39, 0.29) is 11.0 Å². The third-order valence-corrected chi connectivity index (χ3v) is 2.65. The van der Waals surface area contributed by atoms with Crippen molar-refractivity contribution >= 4 is 21.5 Å². The summed E-state index contributed by atoms with van der Waals surface area (Å²) in [5.74, 6) is 0. The lowest BCUT2D eigenvalue weighted by atomic mass is 10.0. The molecule has 0 aliphatic carbocycles. The molecule has 0 amide bonds. The van der Waals surface area contributed by atoms with E-state index in [0.717, 1.165) is 0 Å². The average molecular weight is 214 g/mol. The second-order valence-corrected chi connectivity index (χ2v) is 3.51. The molecule has 3 aromatic carbocycles. The zero-order valence-electron chi connectivity index (χ0n) is 8.77. The number of rotatable bonds is 0. The predicted octanol–water partition coefficient (Wildman–Crippen LogP) is 2.34.